The van der Waals surface area contributed by atoms with Gasteiger partial charge in [-0.15, -0.1) is 0 Å². The number of nitrogens with zero attached hydrogens (tertiary/aromatic N) is 3. The van der Waals surface area contributed by atoms with Gasteiger partial charge in [0.2, 0.25) is 0 Å². The minimum atomic E-state index is 0.417. The van der Waals surface area contributed by atoms with E-state index in [1.165, 1.54) is 5.69 Å². The van der Waals surface area contributed by atoms with Crippen molar-refractivity contribution in [2.75, 3.05) is 0 Å². The summed E-state index contributed by atoms with van der Waals surface area (Å²) in [4.78, 5) is 4.43. The molecule has 0 amide bonds. The van der Waals surface area contributed by atoms with Crippen molar-refractivity contribution in [3.05, 3.63) is 40.3 Å². The topological polar surface area (TPSA) is 42.7 Å². The van der Waals surface area contributed by atoms with Gasteiger partial charge in [-0.25, -0.2) is 9.67 Å². The average molecular weight is 307 g/mol. The zero-order chi connectivity index (χ0) is 15.4. The van der Waals surface area contributed by atoms with Gasteiger partial charge in [0.05, 0.1) is 10.7 Å². The zero-order valence-electron chi connectivity index (χ0n) is 13.2. The van der Waals surface area contributed by atoms with Gasteiger partial charge in [-0.3, -0.25) is 0 Å². The fraction of sp³-hybridized carbons (Fsp3) is 0.500. The number of hydrogen-bond acceptors (Lipinski definition) is 3. The van der Waals surface area contributed by atoms with E-state index in [2.05, 4.69) is 49.2 Å². The molecule has 0 aliphatic rings. The number of halogens is 1. The van der Waals surface area contributed by atoms with Crippen LogP contribution in [-0.4, -0.2) is 20.8 Å². The van der Waals surface area contributed by atoms with Gasteiger partial charge in [0.1, 0.15) is 0 Å². The maximum atomic E-state index is 6.24. The molecule has 0 fully saturated rings. The van der Waals surface area contributed by atoms with Crippen LogP contribution < -0.4 is 5.32 Å². The van der Waals surface area contributed by atoms with Crippen LogP contribution >= 0.6 is 11.6 Å². The minimum absolute atomic E-state index is 0.417. The second kappa shape index (κ2) is 7.05. The lowest BCUT2D eigenvalue weighted by Crippen LogP contribution is -2.22. The molecule has 1 N–H and O–H groups in total. The van der Waals surface area contributed by atoms with E-state index < -0.39 is 0 Å². The molecule has 0 saturated heterocycles. The molecule has 0 radical (unpaired) electrons. The Morgan fingerprint density at radius 1 is 1.24 bits per heavy atom. The second-order valence-electron chi connectivity index (χ2n) is 5.42. The van der Waals surface area contributed by atoms with E-state index in [0.29, 0.717) is 11.1 Å². The quantitative estimate of drug-likeness (QED) is 0.887. The Labute approximate surface area is 131 Å². The highest BCUT2D eigenvalue weighted by molar-refractivity contribution is 6.31. The normalized spacial score (nSPS) is 11.3. The number of rotatable bonds is 6. The first kappa shape index (κ1) is 16.0. The van der Waals surface area contributed by atoms with E-state index in [-0.39, 0.29) is 0 Å². The van der Waals surface area contributed by atoms with Crippen molar-refractivity contribution in [3.63, 3.8) is 0 Å². The standard InChI is InChI=1S/C16H23ClN4/c1-5-13-8-14(6-2)21(20-13)16-7-12(9-18-11(3)4)15(17)10-19-16/h7-8,10-11,18H,5-6,9H2,1-4H3. The Balaban J connectivity index is 2.35. The van der Waals surface area contributed by atoms with Crippen LogP contribution in [-0.2, 0) is 19.4 Å². The van der Waals surface area contributed by atoms with Crippen molar-refractivity contribution >= 4 is 11.6 Å². The van der Waals surface area contributed by atoms with Crippen LogP contribution in [0.15, 0.2) is 18.3 Å². The summed E-state index contributed by atoms with van der Waals surface area (Å²) in [7, 11) is 0. The van der Waals surface area contributed by atoms with Gasteiger partial charge < -0.3 is 5.32 Å². The molecule has 2 rings (SSSR count). The molecule has 0 spiro atoms. The van der Waals surface area contributed by atoms with E-state index >= 15 is 0 Å². The summed E-state index contributed by atoms with van der Waals surface area (Å²) < 4.78 is 1.92. The van der Waals surface area contributed by atoms with Crippen molar-refractivity contribution < 1.29 is 0 Å². The molecule has 5 heteroatoms. The van der Waals surface area contributed by atoms with Crippen molar-refractivity contribution in [2.24, 2.45) is 0 Å². The highest BCUT2D eigenvalue weighted by Crippen LogP contribution is 2.19. The minimum Gasteiger partial charge on any atom is -0.310 e. The van der Waals surface area contributed by atoms with Crippen LogP contribution in [0.5, 0.6) is 0 Å². The molecule has 0 aliphatic heterocycles. The molecule has 2 aromatic rings. The Bertz CT molecular complexity index is 604. The third-order valence-electron chi connectivity index (χ3n) is 3.40. The Morgan fingerprint density at radius 2 is 2.00 bits per heavy atom. The zero-order valence-corrected chi connectivity index (χ0v) is 13.9. The van der Waals surface area contributed by atoms with Crippen molar-refractivity contribution in [1.82, 2.24) is 20.1 Å². The SMILES string of the molecule is CCc1cc(CC)n(-c2cc(CNC(C)C)c(Cl)cn2)n1. The highest BCUT2D eigenvalue weighted by Gasteiger charge is 2.11. The lowest BCUT2D eigenvalue weighted by atomic mass is 10.2. The fourth-order valence-corrected chi connectivity index (χ4v) is 2.30. The number of aromatic nitrogens is 3. The molecule has 2 heterocycles. The highest BCUT2D eigenvalue weighted by atomic mass is 35.5. The Morgan fingerprint density at radius 3 is 2.62 bits per heavy atom. The number of nitrogens with one attached hydrogen (secondary N) is 1. The molecule has 114 valence electrons. The molecule has 2 aromatic heterocycles. The first-order valence-corrected chi connectivity index (χ1v) is 7.88. The van der Waals surface area contributed by atoms with E-state index in [1.807, 2.05) is 10.7 Å². The average Bonchev–Trinajstić information content (AvgIpc) is 2.89. The fourth-order valence-electron chi connectivity index (χ4n) is 2.13. The van der Waals surface area contributed by atoms with Gasteiger partial charge in [-0.2, -0.15) is 5.10 Å². The Kier molecular flexibility index (Phi) is 5.37. The van der Waals surface area contributed by atoms with Crippen LogP contribution in [0, 0.1) is 0 Å². The van der Waals surface area contributed by atoms with E-state index in [1.54, 1.807) is 6.20 Å². The molecule has 21 heavy (non-hydrogen) atoms. The van der Waals surface area contributed by atoms with Gasteiger partial charge in [0, 0.05) is 24.5 Å². The van der Waals surface area contributed by atoms with Gasteiger partial charge in [-0.1, -0.05) is 39.3 Å². The summed E-state index contributed by atoms with van der Waals surface area (Å²) in [6, 6.07) is 4.58. The van der Waals surface area contributed by atoms with Crippen LogP contribution in [0.25, 0.3) is 5.82 Å². The van der Waals surface area contributed by atoms with Crippen molar-refractivity contribution in [1.29, 1.82) is 0 Å². The molecule has 0 unspecified atom stereocenters. The first-order chi connectivity index (χ1) is 10.0. The molecular weight excluding hydrogens is 284 g/mol. The molecule has 0 aromatic carbocycles. The van der Waals surface area contributed by atoms with Crippen molar-refractivity contribution in [3.8, 4) is 5.82 Å². The Hall–Kier alpha value is -1.39. The lowest BCUT2D eigenvalue weighted by Gasteiger charge is -2.11. The number of hydrogen-bond donors (Lipinski definition) is 1. The van der Waals surface area contributed by atoms with E-state index in [4.69, 9.17) is 11.6 Å². The molecule has 0 saturated carbocycles. The van der Waals surface area contributed by atoms with E-state index in [0.717, 1.165) is 36.5 Å². The predicted molar refractivity (Wildman–Crippen MR) is 87.1 cm³/mol. The molecule has 0 bridgehead atoms. The first-order valence-electron chi connectivity index (χ1n) is 7.51. The van der Waals surface area contributed by atoms with Gasteiger partial charge in [0.15, 0.2) is 5.82 Å². The second-order valence-corrected chi connectivity index (χ2v) is 5.82. The summed E-state index contributed by atoms with van der Waals surface area (Å²) in [6.07, 6.45) is 3.56. The number of pyridine rings is 1. The lowest BCUT2D eigenvalue weighted by molar-refractivity contribution is 0.588. The third-order valence-corrected chi connectivity index (χ3v) is 3.74. The predicted octanol–water partition coefficient (Wildman–Crippen LogP) is 3.54. The van der Waals surface area contributed by atoms with Crippen LogP contribution in [0.1, 0.15) is 44.6 Å². The van der Waals surface area contributed by atoms with Crippen molar-refractivity contribution in [2.45, 2.75) is 53.1 Å². The molecular formula is C16H23ClN4. The molecule has 0 atom stereocenters. The van der Waals surface area contributed by atoms with Gasteiger partial charge in [0.25, 0.3) is 0 Å². The van der Waals surface area contributed by atoms with Crippen LogP contribution in [0.4, 0.5) is 0 Å². The number of aryl methyl sites for hydroxylation is 2. The van der Waals surface area contributed by atoms with Gasteiger partial charge in [-0.05, 0) is 30.5 Å². The summed E-state index contributed by atoms with van der Waals surface area (Å²) >= 11 is 6.24. The summed E-state index contributed by atoms with van der Waals surface area (Å²) in [5, 5.41) is 8.70. The summed E-state index contributed by atoms with van der Waals surface area (Å²) in [5.74, 6) is 0.830. The maximum Gasteiger partial charge on any atom is 0.154 e. The summed E-state index contributed by atoms with van der Waals surface area (Å²) in [6.45, 7) is 9.21. The monoisotopic (exact) mass is 306 g/mol. The van der Waals surface area contributed by atoms with Gasteiger partial charge >= 0.3 is 0 Å². The maximum absolute atomic E-state index is 6.24. The summed E-state index contributed by atoms with van der Waals surface area (Å²) in [5.41, 5.74) is 3.31. The third kappa shape index (κ3) is 3.83. The largest absolute Gasteiger partial charge is 0.310 e. The molecule has 0 aliphatic carbocycles. The van der Waals surface area contributed by atoms with Crippen LogP contribution in [0.2, 0.25) is 5.02 Å². The van der Waals surface area contributed by atoms with E-state index in [9.17, 15) is 0 Å². The molecule has 4 nitrogen and oxygen atoms in total. The van der Waals surface area contributed by atoms with Crippen LogP contribution in [0.3, 0.4) is 0 Å². The smallest absolute Gasteiger partial charge is 0.154 e.